The molecule has 2 aromatic rings. The van der Waals surface area contributed by atoms with Crippen molar-refractivity contribution in [3.8, 4) is 0 Å². The van der Waals surface area contributed by atoms with E-state index < -0.39 is 10.8 Å². The van der Waals surface area contributed by atoms with Crippen LogP contribution in [0, 0.1) is 10.1 Å². The second-order valence-electron chi connectivity index (χ2n) is 4.30. The predicted molar refractivity (Wildman–Crippen MR) is 79.7 cm³/mol. The number of nitrogens with one attached hydrogen (secondary N) is 1. The number of anilines is 1. The highest BCUT2D eigenvalue weighted by atomic mass is 35.5. The summed E-state index contributed by atoms with van der Waals surface area (Å²) in [5, 5.41) is 13.3. The molecule has 0 saturated heterocycles. The summed E-state index contributed by atoms with van der Waals surface area (Å²) >= 11 is 5.83. The van der Waals surface area contributed by atoms with Gasteiger partial charge in [-0.15, -0.1) is 0 Å². The van der Waals surface area contributed by atoms with Gasteiger partial charge in [0.05, 0.1) is 10.5 Å². The third-order valence-electron chi connectivity index (χ3n) is 2.87. The minimum absolute atomic E-state index is 0.0345. The first kappa shape index (κ1) is 14.9. The molecule has 0 aliphatic heterocycles. The van der Waals surface area contributed by atoms with Crippen LogP contribution in [0.15, 0.2) is 36.5 Å². The number of hydrogen-bond donors (Lipinski definition) is 1. The van der Waals surface area contributed by atoms with Gasteiger partial charge in [-0.05, 0) is 24.1 Å². The first-order chi connectivity index (χ1) is 10.0. The Labute approximate surface area is 125 Å². The van der Waals surface area contributed by atoms with Crippen molar-refractivity contribution in [2.45, 2.75) is 13.3 Å². The van der Waals surface area contributed by atoms with Crippen molar-refractivity contribution in [3.63, 3.8) is 0 Å². The Kier molecular flexibility index (Phi) is 4.49. The van der Waals surface area contributed by atoms with Crippen LogP contribution >= 0.6 is 11.6 Å². The van der Waals surface area contributed by atoms with E-state index in [-0.39, 0.29) is 16.4 Å². The fraction of sp³-hybridized carbons (Fsp3) is 0.143. The van der Waals surface area contributed by atoms with Crippen molar-refractivity contribution >= 4 is 28.9 Å². The molecule has 1 aromatic carbocycles. The lowest BCUT2D eigenvalue weighted by Crippen LogP contribution is -2.13. The lowest BCUT2D eigenvalue weighted by molar-refractivity contribution is -0.385. The molecule has 1 amide bonds. The number of carbonyl (C=O) groups is 1. The summed E-state index contributed by atoms with van der Waals surface area (Å²) in [5.41, 5.74) is 1.35. The quantitative estimate of drug-likeness (QED) is 0.532. The molecule has 7 heteroatoms. The van der Waals surface area contributed by atoms with Gasteiger partial charge in [0, 0.05) is 11.8 Å². The monoisotopic (exact) mass is 305 g/mol. The van der Waals surface area contributed by atoms with Gasteiger partial charge >= 0.3 is 0 Å². The number of amides is 1. The second-order valence-corrected chi connectivity index (χ2v) is 4.66. The van der Waals surface area contributed by atoms with Gasteiger partial charge in [-0.3, -0.25) is 14.9 Å². The van der Waals surface area contributed by atoms with E-state index in [4.69, 9.17) is 11.6 Å². The topological polar surface area (TPSA) is 85.1 Å². The normalized spacial score (nSPS) is 10.2. The van der Waals surface area contributed by atoms with Gasteiger partial charge in [-0.1, -0.05) is 30.7 Å². The second kappa shape index (κ2) is 6.32. The first-order valence-corrected chi connectivity index (χ1v) is 6.59. The highest BCUT2D eigenvalue weighted by molar-refractivity contribution is 6.33. The van der Waals surface area contributed by atoms with E-state index in [1.165, 1.54) is 0 Å². The number of benzene rings is 1. The molecule has 0 aliphatic carbocycles. The number of aryl methyl sites for hydroxylation is 1. The van der Waals surface area contributed by atoms with E-state index in [2.05, 4.69) is 10.3 Å². The van der Waals surface area contributed by atoms with E-state index in [0.29, 0.717) is 5.69 Å². The highest BCUT2D eigenvalue weighted by Crippen LogP contribution is 2.21. The molecular weight excluding hydrogens is 294 g/mol. The Morgan fingerprint density at radius 1 is 1.43 bits per heavy atom. The van der Waals surface area contributed by atoms with E-state index in [9.17, 15) is 14.9 Å². The van der Waals surface area contributed by atoms with Crippen LogP contribution < -0.4 is 5.32 Å². The van der Waals surface area contributed by atoms with Gasteiger partial charge in [0.25, 0.3) is 11.6 Å². The maximum atomic E-state index is 12.2. The molecule has 0 spiro atoms. The van der Waals surface area contributed by atoms with Gasteiger partial charge < -0.3 is 5.32 Å². The molecule has 6 nitrogen and oxygen atoms in total. The number of aromatic nitrogens is 1. The summed E-state index contributed by atoms with van der Waals surface area (Å²) in [6.07, 6.45) is 1.85. The molecule has 0 radical (unpaired) electrons. The summed E-state index contributed by atoms with van der Waals surface area (Å²) in [6.45, 7) is 2.00. The number of nitrogens with zero attached hydrogens (tertiary/aromatic N) is 2. The van der Waals surface area contributed by atoms with Crippen LogP contribution in [-0.4, -0.2) is 15.8 Å². The lowest BCUT2D eigenvalue weighted by Gasteiger charge is -2.07. The molecule has 0 unspecified atom stereocenters. The Bertz CT molecular complexity index is 704. The van der Waals surface area contributed by atoms with E-state index in [1.54, 1.807) is 6.07 Å². The molecular formula is C14H12ClN3O3. The molecule has 108 valence electrons. The van der Waals surface area contributed by atoms with Crippen LogP contribution in [-0.2, 0) is 6.42 Å². The zero-order chi connectivity index (χ0) is 15.4. The smallest absolute Gasteiger partial charge is 0.288 e. The van der Waals surface area contributed by atoms with Crippen LogP contribution in [0.25, 0.3) is 0 Å². The largest absolute Gasteiger partial charge is 0.322 e. The molecule has 1 N–H and O–H groups in total. The van der Waals surface area contributed by atoms with Crippen molar-refractivity contribution in [2.75, 3.05) is 5.32 Å². The molecule has 21 heavy (non-hydrogen) atoms. The van der Waals surface area contributed by atoms with Gasteiger partial charge in [-0.25, -0.2) is 4.98 Å². The maximum absolute atomic E-state index is 12.2. The summed E-state index contributed by atoms with van der Waals surface area (Å²) in [4.78, 5) is 25.9. The van der Waals surface area contributed by atoms with Gasteiger partial charge in [-0.2, -0.15) is 0 Å². The standard InChI is InChI=1S/C14H12ClN3O3/c1-2-9-4-3-5-10(6-9)17-14(19)12-7-11(18(20)21)8-16-13(12)15/h3-8H,2H2,1H3,(H,17,19). The molecule has 0 atom stereocenters. The van der Waals surface area contributed by atoms with Crippen molar-refractivity contribution in [1.29, 1.82) is 0 Å². The summed E-state index contributed by atoms with van der Waals surface area (Å²) in [5.74, 6) is -0.538. The number of carbonyl (C=O) groups excluding carboxylic acids is 1. The van der Waals surface area contributed by atoms with Crippen molar-refractivity contribution in [1.82, 2.24) is 4.98 Å². The summed E-state index contributed by atoms with van der Waals surface area (Å²) < 4.78 is 0. The number of halogens is 1. The van der Waals surface area contributed by atoms with Crippen molar-refractivity contribution in [2.24, 2.45) is 0 Å². The van der Waals surface area contributed by atoms with Crippen LogP contribution in [0.1, 0.15) is 22.8 Å². The molecule has 1 heterocycles. The number of hydrogen-bond acceptors (Lipinski definition) is 4. The molecule has 0 bridgehead atoms. The number of rotatable bonds is 4. The molecule has 0 fully saturated rings. The Morgan fingerprint density at radius 3 is 2.86 bits per heavy atom. The summed E-state index contributed by atoms with van der Waals surface area (Å²) in [6, 6.07) is 8.43. The van der Waals surface area contributed by atoms with E-state index in [1.807, 2.05) is 25.1 Å². The fourth-order valence-electron chi connectivity index (χ4n) is 1.76. The van der Waals surface area contributed by atoms with E-state index in [0.717, 1.165) is 24.2 Å². The molecule has 0 aliphatic rings. The van der Waals surface area contributed by atoms with E-state index >= 15 is 0 Å². The number of pyridine rings is 1. The minimum Gasteiger partial charge on any atom is -0.322 e. The Balaban J connectivity index is 2.27. The highest BCUT2D eigenvalue weighted by Gasteiger charge is 2.17. The predicted octanol–water partition coefficient (Wildman–Crippen LogP) is 3.46. The van der Waals surface area contributed by atoms with Gasteiger partial charge in [0.2, 0.25) is 0 Å². The zero-order valence-corrected chi connectivity index (χ0v) is 11.9. The molecule has 0 saturated carbocycles. The van der Waals surface area contributed by atoms with Crippen molar-refractivity contribution < 1.29 is 9.72 Å². The molecule has 1 aromatic heterocycles. The average molecular weight is 306 g/mol. The van der Waals surface area contributed by atoms with Crippen LogP contribution in [0.2, 0.25) is 5.15 Å². The SMILES string of the molecule is CCc1cccc(NC(=O)c2cc([N+](=O)[O-])cnc2Cl)c1. The summed E-state index contributed by atoms with van der Waals surface area (Å²) in [7, 11) is 0. The molecule has 2 rings (SSSR count). The number of nitro groups is 1. The Hall–Kier alpha value is -2.47. The maximum Gasteiger partial charge on any atom is 0.288 e. The third-order valence-corrected chi connectivity index (χ3v) is 3.17. The third kappa shape index (κ3) is 3.55. The zero-order valence-electron chi connectivity index (χ0n) is 11.2. The van der Waals surface area contributed by atoms with Crippen LogP contribution in [0.3, 0.4) is 0 Å². The van der Waals surface area contributed by atoms with Crippen molar-refractivity contribution in [3.05, 3.63) is 62.9 Å². The van der Waals surface area contributed by atoms with Crippen LogP contribution in [0.5, 0.6) is 0 Å². The van der Waals surface area contributed by atoms with Gasteiger partial charge in [0.1, 0.15) is 11.3 Å². The van der Waals surface area contributed by atoms with Gasteiger partial charge in [0.15, 0.2) is 0 Å². The Morgan fingerprint density at radius 2 is 2.19 bits per heavy atom. The van der Waals surface area contributed by atoms with Crippen LogP contribution in [0.4, 0.5) is 11.4 Å². The lowest BCUT2D eigenvalue weighted by atomic mass is 10.1. The first-order valence-electron chi connectivity index (χ1n) is 6.21. The minimum atomic E-state index is -0.627. The average Bonchev–Trinajstić information content (AvgIpc) is 2.47. The fourth-order valence-corrected chi connectivity index (χ4v) is 1.95.